The van der Waals surface area contributed by atoms with Gasteiger partial charge in [0.15, 0.2) is 0 Å². The van der Waals surface area contributed by atoms with Crippen LogP contribution < -0.4 is 15.4 Å². The van der Waals surface area contributed by atoms with E-state index in [1.165, 1.54) is 0 Å². The van der Waals surface area contributed by atoms with E-state index in [9.17, 15) is 0 Å². The first kappa shape index (κ1) is 14.4. The van der Waals surface area contributed by atoms with Gasteiger partial charge in [-0.05, 0) is 46.1 Å². The van der Waals surface area contributed by atoms with Gasteiger partial charge in [0.25, 0.3) is 0 Å². The Morgan fingerprint density at radius 2 is 2.19 bits per heavy atom. The summed E-state index contributed by atoms with van der Waals surface area (Å²) in [5.41, 5.74) is 8.28. The first-order valence-corrected chi connectivity index (χ1v) is 7.88. The summed E-state index contributed by atoms with van der Waals surface area (Å²) in [5, 5.41) is 0. The van der Waals surface area contributed by atoms with Crippen LogP contribution in [0, 0.1) is 0 Å². The molecule has 3 rings (SSSR count). The number of anilines is 1. The molecule has 110 valence electrons. The Labute approximate surface area is 133 Å². The van der Waals surface area contributed by atoms with Crippen molar-refractivity contribution in [1.82, 2.24) is 4.98 Å². The number of para-hydroxylation sites is 2. The second kappa shape index (κ2) is 6.45. The number of halogens is 1. The largest absolute Gasteiger partial charge is 0.491 e. The molecule has 0 amide bonds. The van der Waals surface area contributed by atoms with Crippen LogP contribution in [0.2, 0.25) is 0 Å². The fourth-order valence-electron chi connectivity index (χ4n) is 2.73. The fourth-order valence-corrected chi connectivity index (χ4v) is 3.11. The Hall–Kier alpha value is -1.59. The molecule has 4 nitrogen and oxygen atoms in total. The van der Waals surface area contributed by atoms with Gasteiger partial charge in [0.2, 0.25) is 0 Å². The highest BCUT2D eigenvalue weighted by Gasteiger charge is 2.24. The van der Waals surface area contributed by atoms with Crippen molar-refractivity contribution in [2.75, 3.05) is 24.6 Å². The molecular weight excluding hydrogens is 330 g/mol. The Kier molecular flexibility index (Phi) is 4.41. The second-order valence-corrected chi connectivity index (χ2v) is 5.97. The number of hydrogen-bond acceptors (Lipinski definition) is 4. The molecule has 1 aromatic heterocycles. The van der Waals surface area contributed by atoms with E-state index in [4.69, 9.17) is 10.5 Å². The summed E-state index contributed by atoms with van der Waals surface area (Å²) < 4.78 is 6.80. The molecule has 2 aromatic rings. The lowest BCUT2D eigenvalue weighted by atomic mass is 10.1. The number of hydrogen-bond donors (Lipinski definition) is 1. The predicted octanol–water partition coefficient (Wildman–Crippen LogP) is 3.13. The maximum Gasteiger partial charge on any atom is 0.142 e. The summed E-state index contributed by atoms with van der Waals surface area (Å²) in [6.07, 6.45) is 4.65. The van der Waals surface area contributed by atoms with Crippen molar-refractivity contribution in [3.8, 4) is 5.75 Å². The molecule has 21 heavy (non-hydrogen) atoms. The lowest BCUT2D eigenvalue weighted by Crippen LogP contribution is -2.34. The van der Waals surface area contributed by atoms with Crippen molar-refractivity contribution >= 4 is 21.6 Å². The van der Waals surface area contributed by atoms with E-state index < -0.39 is 0 Å². The number of fused-ring (bicyclic) bond motifs is 1. The zero-order chi connectivity index (χ0) is 14.7. The number of ether oxygens (including phenoxy) is 1. The van der Waals surface area contributed by atoms with Crippen molar-refractivity contribution in [2.45, 2.75) is 12.5 Å². The summed E-state index contributed by atoms with van der Waals surface area (Å²) in [6, 6.07) is 10.3. The molecule has 1 atom stereocenters. The highest BCUT2D eigenvalue weighted by Crippen LogP contribution is 2.36. The first-order valence-electron chi connectivity index (χ1n) is 7.08. The van der Waals surface area contributed by atoms with Gasteiger partial charge in [0, 0.05) is 30.0 Å². The summed E-state index contributed by atoms with van der Waals surface area (Å²) in [4.78, 5) is 6.59. The van der Waals surface area contributed by atoms with Crippen LogP contribution in [0.3, 0.4) is 0 Å². The zero-order valence-corrected chi connectivity index (χ0v) is 13.3. The van der Waals surface area contributed by atoms with Crippen LogP contribution in [0.1, 0.15) is 18.0 Å². The normalized spacial score (nSPS) is 15.8. The van der Waals surface area contributed by atoms with Crippen LogP contribution >= 0.6 is 15.9 Å². The minimum atomic E-state index is 0.0952. The second-order valence-electron chi connectivity index (χ2n) is 5.05. The Bertz CT molecular complexity index is 620. The molecular formula is C16H18BrN3O. The van der Waals surface area contributed by atoms with Crippen molar-refractivity contribution in [3.05, 3.63) is 52.8 Å². The van der Waals surface area contributed by atoms with Crippen LogP contribution in [0.5, 0.6) is 5.75 Å². The van der Waals surface area contributed by atoms with Gasteiger partial charge in [-0.3, -0.25) is 4.98 Å². The van der Waals surface area contributed by atoms with E-state index >= 15 is 0 Å². The number of benzene rings is 1. The van der Waals surface area contributed by atoms with E-state index in [1.807, 2.05) is 24.4 Å². The maximum absolute atomic E-state index is 6.07. The minimum Gasteiger partial charge on any atom is -0.491 e. The molecule has 0 fully saturated rings. The molecule has 0 aliphatic carbocycles. The molecule has 1 unspecified atom stereocenters. The molecule has 1 aromatic carbocycles. The van der Waals surface area contributed by atoms with Crippen LogP contribution in [0.4, 0.5) is 5.69 Å². The smallest absolute Gasteiger partial charge is 0.142 e. The average molecular weight is 348 g/mol. The molecule has 0 saturated carbocycles. The predicted molar refractivity (Wildman–Crippen MR) is 87.6 cm³/mol. The maximum atomic E-state index is 6.07. The molecule has 2 heterocycles. The summed E-state index contributed by atoms with van der Waals surface area (Å²) >= 11 is 3.48. The fraction of sp³-hybridized carbons (Fsp3) is 0.312. The first-order chi connectivity index (χ1) is 10.3. The number of pyridine rings is 1. The molecule has 1 aliphatic rings. The highest BCUT2D eigenvalue weighted by atomic mass is 79.9. The van der Waals surface area contributed by atoms with E-state index in [-0.39, 0.29) is 6.04 Å². The lowest BCUT2D eigenvalue weighted by molar-refractivity contribution is 0.322. The number of nitrogens with zero attached hydrogens (tertiary/aromatic N) is 2. The third kappa shape index (κ3) is 3.04. The molecule has 0 bridgehead atoms. The molecule has 0 saturated heterocycles. The zero-order valence-electron chi connectivity index (χ0n) is 11.7. The van der Waals surface area contributed by atoms with E-state index in [0.717, 1.165) is 41.0 Å². The number of nitrogens with two attached hydrogens (primary N) is 1. The van der Waals surface area contributed by atoms with E-state index in [2.05, 4.69) is 37.9 Å². The summed E-state index contributed by atoms with van der Waals surface area (Å²) in [7, 11) is 0. The molecule has 0 spiro atoms. The molecule has 5 heteroatoms. The Morgan fingerprint density at radius 3 is 3.00 bits per heavy atom. The third-order valence-corrected chi connectivity index (χ3v) is 4.12. The van der Waals surface area contributed by atoms with Crippen LogP contribution in [0.25, 0.3) is 0 Å². The monoisotopic (exact) mass is 347 g/mol. The van der Waals surface area contributed by atoms with Crippen molar-refractivity contribution < 1.29 is 4.74 Å². The van der Waals surface area contributed by atoms with Crippen molar-refractivity contribution in [2.24, 2.45) is 5.73 Å². The van der Waals surface area contributed by atoms with Gasteiger partial charge in [-0.1, -0.05) is 12.1 Å². The topological polar surface area (TPSA) is 51.4 Å². The van der Waals surface area contributed by atoms with E-state index in [1.54, 1.807) is 6.20 Å². The van der Waals surface area contributed by atoms with Crippen molar-refractivity contribution in [1.29, 1.82) is 0 Å². The van der Waals surface area contributed by atoms with Gasteiger partial charge in [0.1, 0.15) is 5.75 Å². The van der Waals surface area contributed by atoms with Crippen molar-refractivity contribution in [3.63, 3.8) is 0 Å². The van der Waals surface area contributed by atoms with Gasteiger partial charge < -0.3 is 15.4 Å². The van der Waals surface area contributed by atoms with Crippen LogP contribution in [-0.2, 0) is 0 Å². The van der Waals surface area contributed by atoms with Gasteiger partial charge in [0.05, 0.1) is 18.3 Å². The van der Waals surface area contributed by atoms with E-state index in [0.29, 0.717) is 6.54 Å². The Balaban J connectivity index is 2.00. The molecule has 1 aliphatic heterocycles. The van der Waals surface area contributed by atoms with Gasteiger partial charge in [-0.15, -0.1) is 0 Å². The summed E-state index contributed by atoms with van der Waals surface area (Å²) in [6.45, 7) is 2.19. The average Bonchev–Trinajstić information content (AvgIpc) is 2.71. The van der Waals surface area contributed by atoms with Gasteiger partial charge >= 0.3 is 0 Å². The SMILES string of the molecule is NCC(c1cncc(Br)c1)N1CCCOc2ccccc21. The minimum absolute atomic E-state index is 0.0952. The van der Waals surface area contributed by atoms with Crippen LogP contribution in [0.15, 0.2) is 47.2 Å². The van der Waals surface area contributed by atoms with Gasteiger partial charge in [-0.25, -0.2) is 0 Å². The Morgan fingerprint density at radius 1 is 1.33 bits per heavy atom. The van der Waals surface area contributed by atoms with Gasteiger partial charge in [-0.2, -0.15) is 0 Å². The lowest BCUT2D eigenvalue weighted by Gasteiger charge is -2.32. The molecule has 0 radical (unpaired) electrons. The number of rotatable bonds is 3. The standard InChI is InChI=1S/C16H18BrN3O/c17-13-8-12(10-19-11-13)15(9-18)20-6-3-7-21-16-5-2-1-4-14(16)20/h1-2,4-5,8,10-11,15H,3,6-7,9,18H2. The van der Waals surface area contributed by atoms with Crippen LogP contribution in [-0.4, -0.2) is 24.7 Å². The quantitative estimate of drug-likeness (QED) is 0.926. The highest BCUT2D eigenvalue weighted by molar-refractivity contribution is 9.10. The molecule has 2 N–H and O–H groups in total. The third-order valence-electron chi connectivity index (χ3n) is 3.69. The number of aromatic nitrogens is 1. The summed E-state index contributed by atoms with van der Waals surface area (Å²) in [5.74, 6) is 0.927.